The first kappa shape index (κ1) is 10.2. The van der Waals surface area contributed by atoms with Gasteiger partial charge in [0.25, 0.3) is 0 Å². The Morgan fingerprint density at radius 3 is 2.81 bits per heavy atom. The summed E-state index contributed by atoms with van der Waals surface area (Å²) in [4.78, 5) is 15.9. The zero-order valence-corrected chi connectivity index (χ0v) is 8.74. The molecule has 2 aromatic heterocycles. The number of hydrogen-bond acceptors (Lipinski definition) is 5. The lowest BCUT2D eigenvalue weighted by atomic mass is 10.4. The lowest BCUT2D eigenvalue weighted by molar-refractivity contribution is 0.459. The molecule has 80 valence electrons. The van der Waals surface area contributed by atoms with Gasteiger partial charge in [-0.3, -0.25) is 0 Å². The van der Waals surface area contributed by atoms with Gasteiger partial charge >= 0.3 is 0 Å². The third-order valence-corrected chi connectivity index (χ3v) is 1.73. The molecule has 0 saturated carbocycles. The summed E-state index contributed by atoms with van der Waals surface area (Å²) in [7, 11) is 0. The summed E-state index contributed by atoms with van der Waals surface area (Å²) in [6.07, 6.45) is 6.27. The Kier molecular flexibility index (Phi) is 3.18. The summed E-state index contributed by atoms with van der Waals surface area (Å²) in [6.45, 7) is 1.83. The Bertz CT molecular complexity index is 484. The molecule has 0 unspecified atom stereocenters. The van der Waals surface area contributed by atoms with E-state index in [-0.39, 0.29) is 0 Å². The molecule has 2 aromatic rings. The quantitative estimate of drug-likeness (QED) is 0.736. The number of nitrogens with zero attached hydrogens (tertiary/aromatic N) is 4. The van der Waals surface area contributed by atoms with E-state index in [4.69, 9.17) is 4.74 Å². The minimum Gasteiger partial charge on any atom is -0.436 e. The molecule has 0 fully saturated rings. The third-order valence-electron chi connectivity index (χ3n) is 1.73. The molecule has 0 atom stereocenters. The Morgan fingerprint density at radius 1 is 1.25 bits per heavy atom. The fraction of sp³-hybridized carbons (Fsp3) is 0.0909. The zero-order chi connectivity index (χ0) is 11.2. The highest BCUT2D eigenvalue weighted by atomic mass is 16.5. The number of aromatic nitrogens is 3. The van der Waals surface area contributed by atoms with Gasteiger partial charge in [-0.15, -0.1) is 0 Å². The maximum Gasteiger partial charge on any atom is 0.221 e. The van der Waals surface area contributed by atoms with Gasteiger partial charge in [0.15, 0.2) is 11.6 Å². The van der Waals surface area contributed by atoms with E-state index < -0.39 is 0 Å². The van der Waals surface area contributed by atoms with Crippen molar-refractivity contribution in [1.29, 1.82) is 0 Å². The van der Waals surface area contributed by atoms with Crippen LogP contribution in [-0.2, 0) is 0 Å². The highest BCUT2D eigenvalue weighted by Crippen LogP contribution is 2.19. The molecule has 16 heavy (non-hydrogen) atoms. The first-order valence-corrected chi connectivity index (χ1v) is 4.77. The fourth-order valence-corrected chi connectivity index (χ4v) is 1.12. The largest absolute Gasteiger partial charge is 0.436 e. The summed E-state index contributed by atoms with van der Waals surface area (Å²) in [5, 5.41) is 0. The predicted molar refractivity (Wildman–Crippen MR) is 60.2 cm³/mol. The molecule has 0 bridgehead atoms. The van der Waals surface area contributed by atoms with Gasteiger partial charge in [0.05, 0.1) is 12.4 Å². The van der Waals surface area contributed by atoms with Crippen LogP contribution in [-0.4, -0.2) is 21.2 Å². The second-order valence-electron chi connectivity index (χ2n) is 2.90. The summed E-state index contributed by atoms with van der Waals surface area (Å²) in [5.41, 5.74) is 0. The zero-order valence-electron chi connectivity index (χ0n) is 8.74. The van der Waals surface area contributed by atoms with Gasteiger partial charge in [-0.05, 0) is 13.0 Å². The number of pyridine rings is 1. The maximum atomic E-state index is 5.46. The van der Waals surface area contributed by atoms with Gasteiger partial charge in [0.1, 0.15) is 6.33 Å². The normalized spacial score (nSPS) is 10.6. The average molecular weight is 214 g/mol. The van der Waals surface area contributed by atoms with Crippen molar-refractivity contribution in [2.24, 2.45) is 4.99 Å². The molecule has 0 aliphatic carbocycles. The molecule has 2 heterocycles. The van der Waals surface area contributed by atoms with Crippen LogP contribution in [0.2, 0.25) is 0 Å². The summed E-state index contributed by atoms with van der Waals surface area (Å²) in [6, 6.07) is 5.38. The molecule has 0 N–H and O–H groups in total. The Balaban J connectivity index is 2.19. The van der Waals surface area contributed by atoms with Crippen LogP contribution >= 0.6 is 0 Å². The van der Waals surface area contributed by atoms with Crippen LogP contribution in [0.4, 0.5) is 5.82 Å². The van der Waals surface area contributed by atoms with Crippen LogP contribution in [0.25, 0.3) is 0 Å². The molecular weight excluding hydrogens is 204 g/mol. The molecule has 2 rings (SSSR count). The maximum absolute atomic E-state index is 5.46. The van der Waals surface area contributed by atoms with Gasteiger partial charge < -0.3 is 4.74 Å². The number of ether oxygens (including phenoxy) is 1. The third kappa shape index (κ3) is 2.60. The van der Waals surface area contributed by atoms with E-state index in [1.54, 1.807) is 30.7 Å². The van der Waals surface area contributed by atoms with Crippen LogP contribution in [0.15, 0.2) is 41.9 Å². The van der Waals surface area contributed by atoms with Crippen molar-refractivity contribution in [2.75, 3.05) is 0 Å². The van der Waals surface area contributed by atoms with E-state index in [1.807, 2.05) is 13.0 Å². The van der Waals surface area contributed by atoms with Crippen molar-refractivity contribution in [3.8, 4) is 11.6 Å². The molecule has 0 saturated heterocycles. The van der Waals surface area contributed by atoms with Gasteiger partial charge in [0.2, 0.25) is 5.88 Å². The molecule has 0 aliphatic rings. The van der Waals surface area contributed by atoms with Crippen molar-refractivity contribution < 1.29 is 4.74 Å². The van der Waals surface area contributed by atoms with Crippen molar-refractivity contribution in [3.05, 3.63) is 36.9 Å². The first-order chi connectivity index (χ1) is 7.88. The topological polar surface area (TPSA) is 60.3 Å². The van der Waals surface area contributed by atoms with Gasteiger partial charge in [-0.2, -0.15) is 4.98 Å². The van der Waals surface area contributed by atoms with Gasteiger partial charge in [-0.1, -0.05) is 6.07 Å². The molecule has 0 aliphatic heterocycles. The van der Waals surface area contributed by atoms with Gasteiger partial charge in [0, 0.05) is 12.3 Å². The monoisotopic (exact) mass is 214 g/mol. The summed E-state index contributed by atoms with van der Waals surface area (Å²) < 4.78 is 5.46. The number of rotatable bonds is 3. The summed E-state index contributed by atoms with van der Waals surface area (Å²) in [5.74, 6) is 1.63. The van der Waals surface area contributed by atoms with Gasteiger partial charge in [-0.25, -0.2) is 15.0 Å². The highest BCUT2D eigenvalue weighted by Gasteiger charge is 1.99. The number of hydrogen-bond donors (Lipinski definition) is 0. The van der Waals surface area contributed by atoms with Crippen LogP contribution in [0.5, 0.6) is 11.6 Å². The molecular formula is C11H10N4O. The van der Waals surface area contributed by atoms with E-state index in [2.05, 4.69) is 19.9 Å². The van der Waals surface area contributed by atoms with Crippen LogP contribution in [0, 0.1) is 0 Å². The lowest BCUT2D eigenvalue weighted by Gasteiger charge is -2.03. The minimum atomic E-state index is 0.470. The Labute approximate surface area is 92.9 Å². The smallest absolute Gasteiger partial charge is 0.221 e. The second-order valence-corrected chi connectivity index (χ2v) is 2.90. The van der Waals surface area contributed by atoms with Crippen LogP contribution in [0.3, 0.4) is 0 Å². The van der Waals surface area contributed by atoms with Crippen molar-refractivity contribution >= 4 is 12.0 Å². The lowest BCUT2D eigenvalue weighted by Crippen LogP contribution is -1.88. The Morgan fingerprint density at radius 2 is 2.06 bits per heavy atom. The highest BCUT2D eigenvalue weighted by molar-refractivity contribution is 5.58. The van der Waals surface area contributed by atoms with E-state index in [0.29, 0.717) is 17.4 Å². The average Bonchev–Trinajstić information content (AvgIpc) is 2.31. The van der Waals surface area contributed by atoms with E-state index in [1.165, 1.54) is 6.33 Å². The minimum absolute atomic E-state index is 0.470. The Hall–Kier alpha value is -2.30. The SMILES string of the molecule is CC=Nc1cccc(Oc2cncnc2)n1. The van der Waals surface area contributed by atoms with E-state index in [9.17, 15) is 0 Å². The van der Waals surface area contributed by atoms with E-state index in [0.717, 1.165) is 0 Å². The molecule has 5 heteroatoms. The molecule has 0 amide bonds. The fourth-order valence-electron chi connectivity index (χ4n) is 1.12. The standard InChI is InChI=1S/C11H10N4O/c1-2-14-10-4-3-5-11(15-10)16-9-6-12-8-13-7-9/h2-8H,1H3. The van der Waals surface area contributed by atoms with Crippen LogP contribution < -0.4 is 4.74 Å². The molecule has 5 nitrogen and oxygen atoms in total. The molecule has 0 radical (unpaired) electrons. The van der Waals surface area contributed by atoms with Crippen molar-refractivity contribution in [2.45, 2.75) is 6.92 Å². The van der Waals surface area contributed by atoms with Crippen molar-refractivity contribution in [3.63, 3.8) is 0 Å². The molecule has 0 aromatic carbocycles. The first-order valence-electron chi connectivity index (χ1n) is 4.77. The summed E-state index contributed by atoms with van der Waals surface area (Å²) >= 11 is 0. The van der Waals surface area contributed by atoms with E-state index >= 15 is 0 Å². The second kappa shape index (κ2) is 4.97. The predicted octanol–water partition coefficient (Wildman–Crippen LogP) is 2.39. The number of aliphatic imine (C=N–C) groups is 1. The molecule has 0 spiro atoms. The van der Waals surface area contributed by atoms with Crippen LogP contribution in [0.1, 0.15) is 6.92 Å². The van der Waals surface area contributed by atoms with Crippen molar-refractivity contribution in [1.82, 2.24) is 15.0 Å².